The average molecular weight is 2080 g/mol. The predicted molar refractivity (Wildman–Crippen MR) is 579 cm³/mol. The summed E-state index contributed by atoms with van der Waals surface area (Å²) in [5.41, 5.74) is 5.12. The first kappa shape index (κ1) is 107. The second-order valence-corrected chi connectivity index (χ2v) is 44.3. The van der Waals surface area contributed by atoms with Crippen LogP contribution in [0.4, 0.5) is 0 Å². The van der Waals surface area contributed by atoms with Crippen molar-refractivity contribution >= 4 is 90.1 Å². The minimum Gasteiger partial charge on any atom is -0.491 e. The van der Waals surface area contributed by atoms with Crippen LogP contribution in [0.25, 0.3) is 43.1 Å². The smallest absolute Gasteiger partial charge is 0.147 e. The van der Waals surface area contributed by atoms with E-state index in [1.165, 1.54) is 0 Å². The first-order valence-corrected chi connectivity index (χ1v) is 53.7. The van der Waals surface area contributed by atoms with Crippen molar-refractivity contribution in [3.05, 3.63) is 288 Å². The summed E-state index contributed by atoms with van der Waals surface area (Å²) < 4.78 is 109. The Kier molecular flexibility index (Phi) is 37.4. The van der Waals surface area contributed by atoms with E-state index in [1.807, 2.05) is 122 Å². The van der Waals surface area contributed by atoms with Crippen LogP contribution in [0.5, 0.6) is 46.0 Å². The zero-order valence-electron chi connectivity index (χ0n) is 86.4. The van der Waals surface area contributed by atoms with Gasteiger partial charge < -0.3 is 75.8 Å². The second kappa shape index (κ2) is 51.8. The Morgan fingerprint density at radius 2 is 0.385 bits per heavy atom. The molecule has 148 heavy (non-hydrogen) atoms. The lowest BCUT2D eigenvalue weighted by Crippen LogP contribution is -2.14. The number of nitrogens with zero attached hydrogens (tertiary/aromatic N) is 12. The first-order chi connectivity index (χ1) is 71.8. The number of hydrogen-bond donors (Lipinski definition) is 0. The van der Waals surface area contributed by atoms with Gasteiger partial charge in [0.2, 0.25) is 0 Å². The normalized spacial score (nSPS) is 12.5. The average Bonchev–Trinajstić information content (AvgIpc) is 0.894. The fourth-order valence-corrected chi connectivity index (χ4v) is 20.9. The van der Waals surface area contributed by atoms with Crippen LogP contribution in [-0.4, -0.2) is 192 Å². The summed E-state index contributed by atoms with van der Waals surface area (Å²) in [5, 5.41) is 46.6. The molecule has 0 aliphatic carbocycles. The molecule has 1 aliphatic heterocycles. The molecule has 17 rings (SSSR count). The van der Waals surface area contributed by atoms with Gasteiger partial charge in [0, 0.05) is 0 Å². The highest BCUT2D eigenvalue weighted by Gasteiger charge is 2.33. The van der Waals surface area contributed by atoms with Gasteiger partial charge in [0.15, 0.2) is 0 Å². The number of fused-ring (bicyclic) bond motifs is 12. The van der Waals surface area contributed by atoms with Gasteiger partial charge in [-0.25, -0.2) is 18.7 Å². The predicted octanol–water partition coefficient (Wildman–Crippen LogP) is 23.5. The number of rotatable bonds is 52. The van der Waals surface area contributed by atoms with Crippen LogP contribution in [0.3, 0.4) is 0 Å². The van der Waals surface area contributed by atoms with E-state index in [9.17, 15) is 0 Å². The monoisotopic (exact) mass is 2080 g/mol. The van der Waals surface area contributed by atoms with Crippen molar-refractivity contribution < 1.29 is 75.8 Å². The number of ether oxygens (including phenoxy) is 16. The van der Waals surface area contributed by atoms with Gasteiger partial charge in [-0.2, -0.15) is 0 Å². The van der Waals surface area contributed by atoms with Crippen molar-refractivity contribution in [1.82, 2.24) is 60.0 Å². The van der Waals surface area contributed by atoms with Crippen molar-refractivity contribution in [2.45, 2.75) is 197 Å². The minimum atomic E-state index is -0.396. The highest BCUT2D eigenvalue weighted by atomic mass is 32.2. The zero-order valence-corrected chi connectivity index (χ0v) is 89.7. The van der Waals surface area contributed by atoms with E-state index in [0.29, 0.717) is 204 Å². The molecule has 0 saturated heterocycles. The molecule has 5 heterocycles. The SMILES string of the molecule is CC(C)(C)c1cc2c(OCc3cn(CCOCCOCCOc4ccc5ccccc5c4)nn3)c(c1)Sc1cc(C(C)(C)C)cc(c1OCc1cn(CCOCCOCCOc3ccc4ccccc4c3)nn1)Sc1cc(C(C)(C)C)cc(c1OCc1cn(CCOCCOCCOc3ccc4ccccc4c3)nn1)Sc1cc(C(C)(C)C)cc(c1OCc1cn(CCOCCOCCOc3ccc4ccccc4c3)nn1)S2. The molecule has 0 atom stereocenters. The van der Waals surface area contributed by atoms with E-state index in [0.717, 1.165) is 128 Å². The molecule has 1 aliphatic rings. The summed E-state index contributed by atoms with van der Waals surface area (Å²) in [6.45, 7) is 36.9. The van der Waals surface area contributed by atoms with Gasteiger partial charge in [-0.1, -0.05) is 272 Å². The van der Waals surface area contributed by atoms with Gasteiger partial charge in [-0.15, -0.1) is 20.4 Å². The highest BCUT2D eigenvalue weighted by molar-refractivity contribution is 8.01. The standard InChI is InChI=1S/C116H132N12O16S4/c1-113(2,3)89-65-101-109(141-77-93-73-125(121-117-93)37-41-129-45-49-133-53-57-137-97-33-29-81-21-13-17-25-85(81)61-97)102(66-89)146-104-68-91(115(7,8)9)70-106(111(104)143-79-95-75-127(123-119-95)39-43-131-47-51-135-55-59-139-99-35-31-83-23-15-19-27-87(83)63-99)148-108-72-92(116(10,11)12)71-107(112(108)144-80-96-76-128(124-120-96)40-44-132-48-52-136-56-60-140-100-36-32-84-24-16-20-28-88(84)64-100)147-105-69-90(114(4,5)6)67-103(145-101)110(105)142-78-94-74-126(122-118-94)38-42-130-46-50-134-54-58-138-98-34-30-82-22-14-18-26-86(82)62-98/h13-36,61-76H,37-60,77-80H2,1-12H3. The third-order valence-corrected chi connectivity index (χ3v) is 28.6. The molecule has 0 N–H and O–H groups in total. The summed E-state index contributed by atoms with van der Waals surface area (Å²) >= 11 is 6.34. The summed E-state index contributed by atoms with van der Waals surface area (Å²) in [7, 11) is 0. The Balaban J connectivity index is 0.665. The first-order valence-electron chi connectivity index (χ1n) is 50.4. The molecule has 0 radical (unpaired) electrons. The van der Waals surface area contributed by atoms with Crippen molar-refractivity contribution in [2.75, 3.05) is 132 Å². The van der Waals surface area contributed by atoms with Crippen molar-refractivity contribution in [3.63, 3.8) is 0 Å². The van der Waals surface area contributed by atoms with Crippen molar-refractivity contribution in [3.8, 4) is 46.0 Å². The number of hydrogen-bond acceptors (Lipinski definition) is 28. The molecule has 16 aromatic rings. The summed E-state index contributed by atoms with van der Waals surface area (Å²) in [6, 6.07) is 75.4. The van der Waals surface area contributed by atoms with Crippen molar-refractivity contribution in [2.24, 2.45) is 0 Å². The maximum atomic E-state index is 7.48. The number of aromatic nitrogens is 12. The molecule has 0 amide bonds. The third kappa shape index (κ3) is 31.0. The van der Waals surface area contributed by atoms with Crippen LogP contribution in [-0.2, 0) is 112 Å². The molecule has 4 aromatic heterocycles. The van der Waals surface area contributed by atoms with Crippen LogP contribution >= 0.6 is 47.0 Å². The molecular formula is C116H132N12O16S4. The topological polar surface area (TPSA) is 271 Å². The summed E-state index contributed by atoms with van der Waals surface area (Å²) in [5.74, 6) is 5.67. The molecule has 0 unspecified atom stereocenters. The molecule has 0 saturated carbocycles. The quantitative estimate of drug-likeness (QED) is 0.0320. The Morgan fingerprint density at radius 3 is 0.581 bits per heavy atom. The van der Waals surface area contributed by atoms with Gasteiger partial charge >= 0.3 is 0 Å². The summed E-state index contributed by atoms with van der Waals surface area (Å²) in [6.07, 6.45) is 7.66. The lowest BCUT2D eigenvalue weighted by molar-refractivity contribution is 0.0333. The lowest BCUT2D eigenvalue weighted by atomic mass is 9.87. The van der Waals surface area contributed by atoms with Crippen LogP contribution in [0.1, 0.15) is 128 Å². The van der Waals surface area contributed by atoms with Gasteiger partial charge in [0.05, 0.1) is 196 Å². The Bertz CT molecular complexity index is 6130. The Labute approximate surface area is 882 Å². The van der Waals surface area contributed by atoms with E-state index in [-0.39, 0.29) is 26.4 Å². The van der Waals surface area contributed by atoms with Crippen molar-refractivity contribution in [1.29, 1.82) is 0 Å². The zero-order chi connectivity index (χ0) is 103. The molecule has 32 heteroatoms. The van der Waals surface area contributed by atoms with Gasteiger partial charge in [-0.3, -0.25) is 0 Å². The third-order valence-electron chi connectivity index (χ3n) is 24.4. The van der Waals surface area contributed by atoms with E-state index in [1.54, 1.807) is 65.8 Å². The second-order valence-electron chi connectivity index (χ2n) is 40.0. The van der Waals surface area contributed by atoms with Gasteiger partial charge in [-0.05, 0) is 184 Å². The Morgan fingerprint density at radius 1 is 0.203 bits per heavy atom. The maximum absolute atomic E-state index is 7.48. The fourth-order valence-electron chi connectivity index (χ4n) is 16.2. The lowest BCUT2D eigenvalue weighted by Gasteiger charge is -2.28. The highest BCUT2D eigenvalue weighted by Crippen LogP contribution is 2.57. The largest absolute Gasteiger partial charge is 0.491 e. The van der Waals surface area contributed by atoms with Crippen LogP contribution in [0, 0.1) is 0 Å². The van der Waals surface area contributed by atoms with E-state index < -0.39 is 21.7 Å². The molecular weight excluding hydrogens is 1950 g/mol. The molecule has 0 spiro atoms. The molecule has 28 nitrogen and oxygen atoms in total. The minimum absolute atomic E-state index is 0.0549. The van der Waals surface area contributed by atoms with E-state index >= 15 is 0 Å². The summed E-state index contributed by atoms with van der Waals surface area (Å²) in [4.78, 5) is 6.61. The fraction of sp³-hybridized carbons (Fsp3) is 0.379. The van der Waals surface area contributed by atoms with E-state index in [4.69, 9.17) is 96.2 Å². The molecule has 0 fully saturated rings. The van der Waals surface area contributed by atoms with Crippen LogP contribution < -0.4 is 37.9 Å². The molecule has 8 bridgehead atoms. The van der Waals surface area contributed by atoms with Crippen LogP contribution in [0.15, 0.2) is 282 Å². The van der Waals surface area contributed by atoms with Gasteiger partial charge in [0.25, 0.3) is 0 Å². The maximum Gasteiger partial charge on any atom is 0.147 e. The van der Waals surface area contributed by atoms with E-state index in [2.05, 4.69) is 225 Å². The van der Waals surface area contributed by atoms with Gasteiger partial charge in [0.1, 0.15) is 122 Å². The molecule has 12 aromatic carbocycles. The van der Waals surface area contributed by atoms with Crippen LogP contribution in [0.2, 0.25) is 0 Å². The number of benzene rings is 12. The Hall–Kier alpha value is -12.3. The molecule has 776 valence electrons.